The van der Waals surface area contributed by atoms with Crippen LogP contribution in [0.15, 0.2) is 42.6 Å². The van der Waals surface area contributed by atoms with E-state index >= 15 is 0 Å². The molecule has 0 spiro atoms. The number of amides is 2. The number of benzene rings is 1. The van der Waals surface area contributed by atoms with Crippen LogP contribution in [-0.4, -0.2) is 30.9 Å². The quantitative estimate of drug-likeness (QED) is 0.707. The average molecular weight is 314 g/mol. The molecule has 2 amide bonds. The zero-order chi connectivity index (χ0) is 15.9. The van der Waals surface area contributed by atoms with Crippen molar-refractivity contribution in [2.75, 3.05) is 25.2 Å². The number of hydrogen-bond acceptors (Lipinski definition) is 5. The fraction of sp³-hybridized carbons (Fsp3) is 0.250. The van der Waals surface area contributed by atoms with Crippen molar-refractivity contribution in [1.29, 1.82) is 0 Å². The summed E-state index contributed by atoms with van der Waals surface area (Å²) in [6.07, 6.45) is 1.72. The first-order valence-electron chi connectivity index (χ1n) is 7.36. The van der Waals surface area contributed by atoms with E-state index in [0.717, 1.165) is 17.1 Å². The molecular weight excluding hydrogens is 296 g/mol. The van der Waals surface area contributed by atoms with Crippen molar-refractivity contribution >= 4 is 11.8 Å². The number of rotatable bonds is 6. The molecule has 23 heavy (non-hydrogen) atoms. The molecule has 0 fully saturated rings. The normalized spacial score (nSPS) is 11.8. The molecule has 2 aromatic rings. The topological polar surface area (TPSA) is 84.5 Å². The second-order valence-electron chi connectivity index (χ2n) is 4.94. The number of nitrogens with zero attached hydrogens (tertiary/aromatic N) is 1. The molecule has 0 aliphatic carbocycles. The van der Waals surface area contributed by atoms with E-state index in [0.29, 0.717) is 25.4 Å². The first-order valence-corrected chi connectivity index (χ1v) is 7.36. The number of fused-ring (bicyclic) bond motifs is 1. The summed E-state index contributed by atoms with van der Waals surface area (Å²) in [6.45, 7) is 1.78. The zero-order valence-electron chi connectivity index (χ0n) is 12.5. The highest BCUT2D eigenvalue weighted by molar-refractivity contribution is 5.73. The Balaban J connectivity index is 1.35. The van der Waals surface area contributed by atoms with Gasteiger partial charge in [-0.05, 0) is 29.8 Å². The van der Waals surface area contributed by atoms with Gasteiger partial charge in [-0.2, -0.15) is 0 Å². The van der Waals surface area contributed by atoms with Gasteiger partial charge in [0.25, 0.3) is 0 Å². The number of anilines is 1. The summed E-state index contributed by atoms with van der Waals surface area (Å²) in [7, 11) is 0. The van der Waals surface area contributed by atoms with Gasteiger partial charge in [-0.1, -0.05) is 12.1 Å². The van der Waals surface area contributed by atoms with Crippen LogP contribution in [0, 0.1) is 0 Å². The van der Waals surface area contributed by atoms with E-state index in [1.807, 2.05) is 36.4 Å². The highest BCUT2D eigenvalue weighted by Gasteiger charge is 2.13. The molecule has 1 aromatic carbocycles. The summed E-state index contributed by atoms with van der Waals surface area (Å²) in [6, 6.07) is 11.0. The number of aromatic nitrogens is 1. The van der Waals surface area contributed by atoms with Crippen LogP contribution in [0.2, 0.25) is 0 Å². The molecule has 0 radical (unpaired) electrons. The third-order valence-electron chi connectivity index (χ3n) is 3.27. The number of carbonyl (C=O) groups is 1. The minimum atomic E-state index is -0.217. The lowest BCUT2D eigenvalue weighted by atomic mass is 10.2. The monoisotopic (exact) mass is 314 g/mol. The first kappa shape index (κ1) is 15.0. The Bertz CT molecular complexity index is 664. The molecule has 7 nitrogen and oxygen atoms in total. The third kappa shape index (κ3) is 4.26. The second-order valence-corrected chi connectivity index (χ2v) is 4.94. The molecule has 0 bridgehead atoms. The van der Waals surface area contributed by atoms with E-state index < -0.39 is 0 Å². The van der Waals surface area contributed by atoms with Crippen molar-refractivity contribution < 1.29 is 14.3 Å². The van der Waals surface area contributed by atoms with Crippen LogP contribution >= 0.6 is 0 Å². The van der Waals surface area contributed by atoms with Gasteiger partial charge in [-0.25, -0.2) is 9.78 Å². The van der Waals surface area contributed by atoms with Gasteiger partial charge in [0.15, 0.2) is 11.5 Å². The molecule has 1 aliphatic rings. The third-order valence-corrected chi connectivity index (χ3v) is 3.27. The maximum absolute atomic E-state index is 11.7. The molecule has 0 saturated carbocycles. The molecule has 3 N–H and O–H groups in total. The van der Waals surface area contributed by atoms with Crippen LogP contribution in [0.3, 0.4) is 0 Å². The van der Waals surface area contributed by atoms with E-state index in [1.54, 1.807) is 6.20 Å². The standard InChI is InChI=1S/C16H18N4O3/c21-16(19-8-7-18-15-3-1-2-6-17-15)20-10-12-4-5-13-14(9-12)23-11-22-13/h1-6,9H,7-8,10-11H2,(H,17,18)(H2,19,20,21). The summed E-state index contributed by atoms with van der Waals surface area (Å²) < 4.78 is 10.5. The number of pyridine rings is 1. The van der Waals surface area contributed by atoms with Gasteiger partial charge >= 0.3 is 6.03 Å². The van der Waals surface area contributed by atoms with E-state index in [9.17, 15) is 4.79 Å². The van der Waals surface area contributed by atoms with Crippen LogP contribution in [0.5, 0.6) is 11.5 Å². The number of ether oxygens (including phenoxy) is 2. The Hall–Kier alpha value is -2.96. The second kappa shape index (κ2) is 7.35. The van der Waals surface area contributed by atoms with Crippen molar-refractivity contribution in [2.45, 2.75) is 6.54 Å². The Morgan fingerprint density at radius 2 is 2.00 bits per heavy atom. The zero-order valence-corrected chi connectivity index (χ0v) is 12.5. The molecule has 120 valence electrons. The predicted octanol–water partition coefficient (Wildman–Crippen LogP) is 1.72. The number of nitrogens with one attached hydrogen (secondary N) is 3. The minimum Gasteiger partial charge on any atom is -0.454 e. The molecule has 1 aliphatic heterocycles. The van der Waals surface area contributed by atoms with Gasteiger partial charge in [0.1, 0.15) is 5.82 Å². The lowest BCUT2D eigenvalue weighted by Gasteiger charge is -2.09. The summed E-state index contributed by atoms with van der Waals surface area (Å²) >= 11 is 0. The van der Waals surface area contributed by atoms with Gasteiger partial charge in [-0.15, -0.1) is 0 Å². The van der Waals surface area contributed by atoms with Crippen molar-refractivity contribution in [1.82, 2.24) is 15.6 Å². The summed E-state index contributed by atoms with van der Waals surface area (Å²) in [5.41, 5.74) is 0.955. The van der Waals surface area contributed by atoms with Gasteiger partial charge < -0.3 is 25.4 Å². The summed E-state index contributed by atoms with van der Waals surface area (Å²) in [5, 5.41) is 8.70. The smallest absolute Gasteiger partial charge is 0.315 e. The Morgan fingerprint density at radius 1 is 1.09 bits per heavy atom. The highest BCUT2D eigenvalue weighted by Crippen LogP contribution is 2.32. The van der Waals surface area contributed by atoms with Crippen molar-refractivity contribution in [3.8, 4) is 11.5 Å². The van der Waals surface area contributed by atoms with Crippen LogP contribution in [-0.2, 0) is 6.54 Å². The summed E-state index contributed by atoms with van der Waals surface area (Å²) in [5.74, 6) is 2.23. The van der Waals surface area contributed by atoms with Gasteiger partial charge in [0.05, 0.1) is 0 Å². The van der Waals surface area contributed by atoms with Crippen LogP contribution in [0.1, 0.15) is 5.56 Å². The van der Waals surface area contributed by atoms with E-state index in [1.165, 1.54) is 0 Å². The maximum Gasteiger partial charge on any atom is 0.315 e. The SMILES string of the molecule is O=C(NCCNc1ccccn1)NCc1ccc2c(c1)OCO2. The van der Waals surface area contributed by atoms with Crippen molar-refractivity contribution in [2.24, 2.45) is 0 Å². The number of urea groups is 1. The van der Waals surface area contributed by atoms with Crippen molar-refractivity contribution in [3.63, 3.8) is 0 Å². The molecule has 2 heterocycles. The molecule has 3 rings (SSSR count). The minimum absolute atomic E-state index is 0.217. The molecule has 0 saturated heterocycles. The Labute approximate surface area is 134 Å². The Kier molecular flexibility index (Phi) is 4.78. The Morgan fingerprint density at radius 3 is 2.87 bits per heavy atom. The lowest BCUT2D eigenvalue weighted by Crippen LogP contribution is -2.37. The molecule has 0 unspecified atom stereocenters. The molecule has 1 aromatic heterocycles. The van der Waals surface area contributed by atoms with E-state index in [4.69, 9.17) is 9.47 Å². The number of carbonyl (C=O) groups excluding carboxylic acids is 1. The first-order chi connectivity index (χ1) is 11.3. The van der Waals surface area contributed by atoms with E-state index in [2.05, 4.69) is 20.9 Å². The van der Waals surface area contributed by atoms with E-state index in [-0.39, 0.29) is 12.8 Å². The van der Waals surface area contributed by atoms with Crippen LogP contribution in [0.4, 0.5) is 10.6 Å². The number of hydrogen-bond donors (Lipinski definition) is 3. The largest absolute Gasteiger partial charge is 0.454 e. The van der Waals surface area contributed by atoms with Gasteiger partial charge in [-0.3, -0.25) is 0 Å². The molecule has 0 atom stereocenters. The maximum atomic E-state index is 11.7. The fourth-order valence-corrected chi connectivity index (χ4v) is 2.13. The van der Waals surface area contributed by atoms with Crippen LogP contribution in [0.25, 0.3) is 0 Å². The summed E-state index contributed by atoms with van der Waals surface area (Å²) in [4.78, 5) is 15.9. The van der Waals surface area contributed by atoms with Gasteiger partial charge in [0.2, 0.25) is 6.79 Å². The average Bonchev–Trinajstić information content (AvgIpc) is 3.05. The molecule has 7 heteroatoms. The van der Waals surface area contributed by atoms with Crippen LogP contribution < -0.4 is 25.4 Å². The fourth-order valence-electron chi connectivity index (χ4n) is 2.13. The predicted molar refractivity (Wildman–Crippen MR) is 85.5 cm³/mol. The van der Waals surface area contributed by atoms with Gasteiger partial charge in [0, 0.05) is 25.8 Å². The lowest BCUT2D eigenvalue weighted by molar-refractivity contribution is 0.174. The molecular formula is C16H18N4O3. The highest BCUT2D eigenvalue weighted by atomic mass is 16.7. The van der Waals surface area contributed by atoms with Crippen molar-refractivity contribution in [3.05, 3.63) is 48.2 Å².